The summed E-state index contributed by atoms with van der Waals surface area (Å²) in [5, 5.41) is 0. The lowest BCUT2D eigenvalue weighted by Gasteiger charge is -2.18. The van der Waals surface area contributed by atoms with E-state index in [9.17, 15) is 4.79 Å². The summed E-state index contributed by atoms with van der Waals surface area (Å²) in [4.78, 5) is 11.1. The van der Waals surface area contributed by atoms with Gasteiger partial charge in [-0.15, -0.1) is 0 Å². The fraction of sp³-hybridized carbons (Fsp3) is 0.812. The van der Waals surface area contributed by atoms with Crippen LogP contribution in [0.1, 0.15) is 72.6 Å². The van der Waals surface area contributed by atoms with Gasteiger partial charge in [0.05, 0.1) is 0 Å². The Kier molecular flexibility index (Phi) is 10.2. The Bertz CT molecular complexity index is 214. The number of hydrogen-bond acceptors (Lipinski definition) is 1. The molecule has 0 aromatic carbocycles. The van der Waals surface area contributed by atoms with E-state index in [1.165, 1.54) is 37.5 Å². The summed E-state index contributed by atoms with van der Waals surface area (Å²) in [6.07, 6.45) is 11.9. The van der Waals surface area contributed by atoms with E-state index in [1.54, 1.807) is 0 Å². The highest BCUT2D eigenvalue weighted by atomic mass is 16.1. The molecular weight excluding hydrogens is 208 g/mol. The Morgan fingerprint density at radius 2 is 1.82 bits per heavy atom. The molecule has 0 aromatic heterocycles. The van der Waals surface area contributed by atoms with Crippen molar-refractivity contribution < 1.29 is 4.79 Å². The largest absolute Gasteiger partial charge is 0.303 e. The van der Waals surface area contributed by atoms with Gasteiger partial charge in [-0.3, -0.25) is 0 Å². The molecule has 0 aliphatic carbocycles. The van der Waals surface area contributed by atoms with Crippen molar-refractivity contribution in [2.75, 3.05) is 0 Å². The first-order valence-corrected chi connectivity index (χ1v) is 7.20. The Balaban J connectivity index is 3.82. The van der Waals surface area contributed by atoms with Crippen LogP contribution in [0, 0.1) is 11.8 Å². The van der Waals surface area contributed by atoms with Crippen LogP contribution in [0.4, 0.5) is 0 Å². The van der Waals surface area contributed by atoms with Gasteiger partial charge < -0.3 is 4.79 Å². The van der Waals surface area contributed by atoms with Crippen molar-refractivity contribution in [3.63, 3.8) is 0 Å². The van der Waals surface area contributed by atoms with Crippen LogP contribution in [-0.2, 0) is 4.79 Å². The van der Waals surface area contributed by atoms with Crippen molar-refractivity contribution in [3.05, 3.63) is 11.6 Å². The van der Waals surface area contributed by atoms with E-state index in [0.29, 0.717) is 5.92 Å². The van der Waals surface area contributed by atoms with Gasteiger partial charge in [0.2, 0.25) is 0 Å². The lowest BCUT2D eigenvalue weighted by atomic mass is 9.87. The Labute approximate surface area is 108 Å². The Morgan fingerprint density at radius 3 is 2.35 bits per heavy atom. The lowest BCUT2D eigenvalue weighted by Crippen LogP contribution is -2.13. The fourth-order valence-electron chi connectivity index (χ4n) is 2.14. The Morgan fingerprint density at radius 1 is 1.12 bits per heavy atom. The molecule has 0 fully saturated rings. The van der Waals surface area contributed by atoms with E-state index in [-0.39, 0.29) is 5.92 Å². The predicted molar refractivity (Wildman–Crippen MR) is 76.1 cm³/mol. The van der Waals surface area contributed by atoms with Crippen LogP contribution in [0.5, 0.6) is 0 Å². The van der Waals surface area contributed by atoms with Gasteiger partial charge in [0.15, 0.2) is 0 Å². The normalized spacial score (nSPS) is 14.1. The third kappa shape index (κ3) is 9.14. The third-order valence-electron chi connectivity index (χ3n) is 3.47. The summed E-state index contributed by atoms with van der Waals surface area (Å²) in [5.41, 5.74) is 1.38. The highest BCUT2D eigenvalue weighted by Gasteiger charge is 2.15. The van der Waals surface area contributed by atoms with Crippen LogP contribution >= 0.6 is 0 Å². The quantitative estimate of drug-likeness (QED) is 0.292. The molecule has 0 heterocycles. The number of carbonyl (C=O) groups is 1. The van der Waals surface area contributed by atoms with E-state index >= 15 is 0 Å². The van der Waals surface area contributed by atoms with Gasteiger partial charge >= 0.3 is 0 Å². The molecule has 0 aliphatic heterocycles. The van der Waals surface area contributed by atoms with Crippen LogP contribution in [0.3, 0.4) is 0 Å². The van der Waals surface area contributed by atoms with Gasteiger partial charge in [-0.1, -0.05) is 51.2 Å². The smallest absolute Gasteiger partial charge is 0.123 e. The fourth-order valence-corrected chi connectivity index (χ4v) is 2.14. The summed E-state index contributed by atoms with van der Waals surface area (Å²) in [6.45, 7) is 8.70. The molecule has 2 unspecified atom stereocenters. The van der Waals surface area contributed by atoms with E-state index in [1.807, 2.05) is 0 Å². The maximum atomic E-state index is 11.1. The predicted octanol–water partition coefficient (Wildman–Crippen LogP) is 5.15. The van der Waals surface area contributed by atoms with Crippen molar-refractivity contribution in [2.24, 2.45) is 11.8 Å². The molecular formula is C16H30O. The summed E-state index contributed by atoms with van der Waals surface area (Å²) in [6, 6.07) is 0. The van der Waals surface area contributed by atoms with Crippen LogP contribution in [0.25, 0.3) is 0 Å². The zero-order chi connectivity index (χ0) is 13.1. The van der Waals surface area contributed by atoms with Gasteiger partial charge in [0.25, 0.3) is 0 Å². The van der Waals surface area contributed by atoms with Crippen molar-refractivity contribution in [2.45, 2.75) is 72.6 Å². The standard InChI is InChI=1S/C16H30O/c1-5-6-7-8-12-16(13-17)15(4)11-9-10-14(2)3/h10,13,15-16H,5-9,11-12H2,1-4H3. The minimum Gasteiger partial charge on any atom is -0.303 e. The van der Waals surface area contributed by atoms with Crippen molar-refractivity contribution in [3.8, 4) is 0 Å². The second kappa shape index (κ2) is 10.6. The number of rotatable bonds is 10. The molecule has 0 spiro atoms. The van der Waals surface area contributed by atoms with Crippen LogP contribution < -0.4 is 0 Å². The van der Waals surface area contributed by atoms with Crippen molar-refractivity contribution in [1.29, 1.82) is 0 Å². The average Bonchev–Trinajstić information content (AvgIpc) is 2.28. The number of unbranched alkanes of at least 4 members (excludes halogenated alkanes) is 3. The first kappa shape index (κ1) is 16.4. The first-order valence-electron chi connectivity index (χ1n) is 7.20. The summed E-state index contributed by atoms with van der Waals surface area (Å²) >= 11 is 0. The molecule has 0 radical (unpaired) electrons. The molecule has 100 valence electrons. The van der Waals surface area contributed by atoms with E-state index in [2.05, 4.69) is 33.8 Å². The van der Waals surface area contributed by atoms with Gasteiger partial charge in [-0.05, 0) is 39.0 Å². The number of carbonyl (C=O) groups excluding carboxylic acids is 1. The van der Waals surface area contributed by atoms with Gasteiger partial charge in [0, 0.05) is 5.92 Å². The van der Waals surface area contributed by atoms with Crippen molar-refractivity contribution >= 4 is 6.29 Å². The molecule has 0 aromatic rings. The summed E-state index contributed by atoms with van der Waals surface area (Å²) in [5.74, 6) is 0.808. The first-order chi connectivity index (χ1) is 8.11. The van der Waals surface area contributed by atoms with E-state index in [0.717, 1.165) is 19.3 Å². The Hall–Kier alpha value is -0.590. The van der Waals surface area contributed by atoms with Crippen molar-refractivity contribution in [1.82, 2.24) is 0 Å². The maximum Gasteiger partial charge on any atom is 0.123 e. The molecule has 0 amide bonds. The number of hydrogen-bond donors (Lipinski definition) is 0. The summed E-state index contributed by atoms with van der Waals surface area (Å²) in [7, 11) is 0. The molecule has 0 aliphatic rings. The SMILES string of the molecule is CCCCCCC(C=O)C(C)CCC=C(C)C. The molecule has 17 heavy (non-hydrogen) atoms. The van der Waals surface area contributed by atoms with Gasteiger partial charge in [0.1, 0.15) is 6.29 Å². The molecule has 0 N–H and O–H groups in total. The van der Waals surface area contributed by atoms with Gasteiger partial charge in [-0.25, -0.2) is 0 Å². The molecule has 0 saturated heterocycles. The average molecular weight is 238 g/mol. The second-order valence-corrected chi connectivity index (χ2v) is 5.49. The molecule has 0 rings (SSSR count). The van der Waals surface area contributed by atoms with Gasteiger partial charge in [-0.2, -0.15) is 0 Å². The van der Waals surface area contributed by atoms with E-state index < -0.39 is 0 Å². The highest BCUT2D eigenvalue weighted by Crippen LogP contribution is 2.22. The molecule has 0 saturated carbocycles. The minimum atomic E-state index is 0.275. The monoisotopic (exact) mass is 238 g/mol. The maximum absolute atomic E-state index is 11.1. The topological polar surface area (TPSA) is 17.1 Å². The van der Waals surface area contributed by atoms with Crippen LogP contribution in [0.2, 0.25) is 0 Å². The number of aldehydes is 1. The second-order valence-electron chi connectivity index (χ2n) is 5.49. The lowest BCUT2D eigenvalue weighted by molar-refractivity contribution is -0.112. The minimum absolute atomic E-state index is 0.275. The zero-order valence-corrected chi connectivity index (χ0v) is 12.2. The molecule has 2 atom stereocenters. The zero-order valence-electron chi connectivity index (χ0n) is 12.2. The summed E-state index contributed by atoms with van der Waals surface area (Å²) < 4.78 is 0. The third-order valence-corrected chi connectivity index (χ3v) is 3.47. The molecule has 1 heteroatoms. The highest BCUT2D eigenvalue weighted by molar-refractivity contribution is 5.53. The number of allylic oxidation sites excluding steroid dienone is 2. The molecule has 1 nitrogen and oxygen atoms in total. The van der Waals surface area contributed by atoms with E-state index in [4.69, 9.17) is 0 Å². The van der Waals surface area contributed by atoms with Crippen LogP contribution in [0.15, 0.2) is 11.6 Å². The molecule has 0 bridgehead atoms. The van der Waals surface area contributed by atoms with Crippen LogP contribution in [-0.4, -0.2) is 6.29 Å².